The van der Waals surface area contributed by atoms with E-state index in [0.717, 1.165) is 18.4 Å². The molecular weight excluding hydrogens is 281 g/mol. The van der Waals surface area contributed by atoms with Crippen LogP contribution < -0.4 is 0 Å². The van der Waals surface area contributed by atoms with Crippen LogP contribution in [-0.2, 0) is 16.1 Å². The van der Waals surface area contributed by atoms with Crippen molar-refractivity contribution in [3.63, 3.8) is 0 Å². The number of hydrogen-bond donors (Lipinski definition) is 0. The minimum atomic E-state index is -0.308. The number of benzene rings is 1. The van der Waals surface area contributed by atoms with E-state index in [1.807, 2.05) is 0 Å². The Morgan fingerprint density at radius 2 is 1.55 bits per heavy atom. The average Bonchev–Trinajstić information content (AvgIpc) is 3.12. The zero-order valence-corrected chi connectivity index (χ0v) is 12.0. The lowest BCUT2D eigenvalue weighted by atomic mass is 9.85. The second-order valence-corrected chi connectivity index (χ2v) is 7.11. The molecule has 112 valence electrons. The maximum atomic E-state index is 13.0. The number of carbonyl (C=O) groups excluding carboxylic acids is 2. The van der Waals surface area contributed by atoms with Crippen molar-refractivity contribution in [1.82, 2.24) is 4.90 Å². The number of allylic oxidation sites excluding steroid dienone is 2. The fourth-order valence-electron chi connectivity index (χ4n) is 5.07. The Bertz CT molecular complexity index is 685. The van der Waals surface area contributed by atoms with Gasteiger partial charge in [0.15, 0.2) is 0 Å². The standard InChI is InChI=1S/C18H16FNO2/c19-11-3-1-10(2-4-11)9-20-16(21)14-12-5-6-13(15(14)17(20)22)18(12)7-8-18/h1-6,12-15H,7-9H2/t12-,13+,14-,15-/m0/s1. The van der Waals surface area contributed by atoms with E-state index in [1.165, 1.54) is 17.0 Å². The molecule has 4 atom stereocenters. The number of likely N-dealkylation sites (tertiary alicyclic amines) is 1. The first-order chi connectivity index (χ1) is 10.6. The highest BCUT2D eigenvalue weighted by atomic mass is 19.1. The summed E-state index contributed by atoms with van der Waals surface area (Å²) in [5, 5.41) is 0. The molecule has 1 aromatic rings. The van der Waals surface area contributed by atoms with E-state index < -0.39 is 0 Å². The molecule has 4 heteroatoms. The Labute approximate surface area is 127 Å². The van der Waals surface area contributed by atoms with E-state index >= 15 is 0 Å². The molecule has 3 nitrogen and oxygen atoms in total. The number of nitrogens with zero attached hydrogens (tertiary/aromatic N) is 1. The molecule has 4 aliphatic rings. The molecule has 2 saturated carbocycles. The van der Waals surface area contributed by atoms with Crippen molar-refractivity contribution in [2.75, 3.05) is 0 Å². The SMILES string of the molecule is O=C1[C@@H]2[C@@H](C(=O)N1Cc1ccc(F)cc1)[C@@H]1C=C[C@H]2C12CC2. The van der Waals surface area contributed by atoms with E-state index in [2.05, 4.69) is 12.2 Å². The lowest BCUT2D eigenvalue weighted by Crippen LogP contribution is -2.34. The second kappa shape index (κ2) is 3.86. The molecule has 1 saturated heterocycles. The molecule has 2 bridgehead atoms. The third-order valence-corrected chi connectivity index (χ3v) is 6.20. The van der Waals surface area contributed by atoms with Crippen LogP contribution in [0.25, 0.3) is 0 Å². The normalized spacial score (nSPS) is 36.5. The number of hydrogen-bond acceptors (Lipinski definition) is 2. The van der Waals surface area contributed by atoms with E-state index in [-0.39, 0.29) is 53.3 Å². The Balaban J connectivity index is 1.45. The van der Waals surface area contributed by atoms with Crippen LogP contribution in [0.15, 0.2) is 36.4 Å². The van der Waals surface area contributed by atoms with Crippen molar-refractivity contribution < 1.29 is 14.0 Å². The van der Waals surface area contributed by atoms with Crippen molar-refractivity contribution in [2.45, 2.75) is 19.4 Å². The van der Waals surface area contributed by atoms with Gasteiger partial charge in [0.05, 0.1) is 18.4 Å². The first-order valence-corrected chi connectivity index (χ1v) is 7.90. The number of halogens is 1. The predicted octanol–water partition coefficient (Wildman–Crippen LogP) is 2.52. The lowest BCUT2D eigenvalue weighted by molar-refractivity contribution is -0.141. The van der Waals surface area contributed by atoms with E-state index in [9.17, 15) is 14.0 Å². The maximum Gasteiger partial charge on any atom is 0.234 e. The summed E-state index contributed by atoms with van der Waals surface area (Å²) >= 11 is 0. The largest absolute Gasteiger partial charge is 0.278 e. The molecule has 3 aliphatic carbocycles. The van der Waals surface area contributed by atoms with Gasteiger partial charge in [-0.3, -0.25) is 14.5 Å². The molecule has 22 heavy (non-hydrogen) atoms. The molecule has 0 radical (unpaired) electrons. The maximum absolute atomic E-state index is 13.0. The van der Waals surface area contributed by atoms with Gasteiger partial charge >= 0.3 is 0 Å². The van der Waals surface area contributed by atoms with Crippen LogP contribution in [-0.4, -0.2) is 16.7 Å². The van der Waals surface area contributed by atoms with Crippen LogP contribution in [0.2, 0.25) is 0 Å². The molecule has 1 heterocycles. The fraction of sp³-hybridized carbons (Fsp3) is 0.444. The van der Waals surface area contributed by atoms with Gasteiger partial charge in [0.1, 0.15) is 5.82 Å². The minimum absolute atomic E-state index is 0.0255. The Hall–Kier alpha value is -1.97. The second-order valence-electron chi connectivity index (χ2n) is 7.11. The van der Waals surface area contributed by atoms with E-state index in [0.29, 0.717) is 0 Å². The first kappa shape index (κ1) is 12.6. The number of amides is 2. The molecule has 0 N–H and O–H groups in total. The van der Waals surface area contributed by atoms with Crippen LogP contribution in [0.3, 0.4) is 0 Å². The summed E-state index contributed by atoms with van der Waals surface area (Å²) in [6.07, 6.45) is 6.65. The smallest absolute Gasteiger partial charge is 0.234 e. The van der Waals surface area contributed by atoms with Gasteiger partial charge in [0, 0.05) is 0 Å². The highest BCUT2D eigenvalue weighted by Crippen LogP contribution is 2.73. The molecule has 0 aromatic heterocycles. The molecule has 1 aliphatic heterocycles. The Kier molecular flexibility index (Phi) is 2.20. The van der Waals surface area contributed by atoms with Gasteiger partial charge in [0.2, 0.25) is 11.8 Å². The van der Waals surface area contributed by atoms with Gasteiger partial charge in [-0.2, -0.15) is 0 Å². The zero-order chi connectivity index (χ0) is 15.1. The van der Waals surface area contributed by atoms with Gasteiger partial charge in [-0.1, -0.05) is 24.3 Å². The van der Waals surface area contributed by atoms with Crippen LogP contribution >= 0.6 is 0 Å². The highest BCUT2D eigenvalue weighted by Gasteiger charge is 2.73. The summed E-state index contributed by atoms with van der Waals surface area (Å²) in [7, 11) is 0. The van der Waals surface area contributed by atoms with Crippen LogP contribution in [0.4, 0.5) is 4.39 Å². The van der Waals surface area contributed by atoms with Crippen molar-refractivity contribution >= 4 is 11.8 Å². The topological polar surface area (TPSA) is 37.4 Å². The molecule has 1 spiro atoms. The number of fused-ring (bicyclic) bond motifs is 3. The minimum Gasteiger partial charge on any atom is -0.278 e. The van der Waals surface area contributed by atoms with E-state index in [4.69, 9.17) is 0 Å². The Morgan fingerprint density at radius 1 is 1.00 bits per heavy atom. The molecule has 3 fully saturated rings. The van der Waals surface area contributed by atoms with Crippen LogP contribution in [0.1, 0.15) is 18.4 Å². The summed E-state index contributed by atoms with van der Waals surface area (Å²) in [5.41, 5.74) is 1.03. The number of carbonyl (C=O) groups is 2. The van der Waals surface area contributed by atoms with Crippen LogP contribution in [0.5, 0.6) is 0 Å². The van der Waals surface area contributed by atoms with Gasteiger partial charge < -0.3 is 0 Å². The third-order valence-electron chi connectivity index (χ3n) is 6.20. The van der Waals surface area contributed by atoms with E-state index in [1.54, 1.807) is 12.1 Å². The summed E-state index contributed by atoms with van der Waals surface area (Å²) < 4.78 is 13.0. The Morgan fingerprint density at radius 3 is 2.05 bits per heavy atom. The quantitative estimate of drug-likeness (QED) is 0.621. The first-order valence-electron chi connectivity index (χ1n) is 7.90. The summed E-state index contributed by atoms with van der Waals surface area (Å²) in [6.45, 7) is 0.261. The third kappa shape index (κ3) is 1.36. The molecule has 0 unspecified atom stereocenters. The average molecular weight is 297 g/mol. The molecule has 1 aromatic carbocycles. The molecule has 2 amide bonds. The highest BCUT2D eigenvalue weighted by molar-refractivity contribution is 6.06. The number of rotatable bonds is 2. The van der Waals surface area contributed by atoms with Gasteiger partial charge in [-0.25, -0.2) is 4.39 Å². The van der Waals surface area contributed by atoms with Crippen LogP contribution in [0, 0.1) is 34.9 Å². The summed E-state index contributed by atoms with van der Waals surface area (Å²) in [6, 6.07) is 6.01. The fourth-order valence-corrected chi connectivity index (χ4v) is 5.07. The van der Waals surface area contributed by atoms with Gasteiger partial charge in [-0.15, -0.1) is 0 Å². The number of imide groups is 1. The predicted molar refractivity (Wildman–Crippen MR) is 76.7 cm³/mol. The monoisotopic (exact) mass is 297 g/mol. The van der Waals surface area contributed by atoms with Crippen molar-refractivity contribution in [3.8, 4) is 0 Å². The molecule has 5 rings (SSSR count). The summed E-state index contributed by atoms with van der Waals surface area (Å²) in [5.74, 6) is -0.132. The molecular formula is C18H16FNO2. The summed E-state index contributed by atoms with van der Waals surface area (Å²) in [4.78, 5) is 26.9. The van der Waals surface area contributed by atoms with Crippen molar-refractivity contribution in [1.29, 1.82) is 0 Å². The van der Waals surface area contributed by atoms with Crippen molar-refractivity contribution in [2.24, 2.45) is 29.1 Å². The lowest BCUT2D eigenvalue weighted by Gasteiger charge is -2.21. The zero-order valence-electron chi connectivity index (χ0n) is 12.0. The van der Waals surface area contributed by atoms with Gasteiger partial charge in [-0.05, 0) is 47.8 Å². The van der Waals surface area contributed by atoms with Gasteiger partial charge in [0.25, 0.3) is 0 Å². The van der Waals surface area contributed by atoms with Crippen molar-refractivity contribution in [3.05, 3.63) is 47.8 Å².